The molecule has 3 N–H and O–H groups in total. The van der Waals surface area contributed by atoms with Crippen molar-refractivity contribution < 1.29 is 28.2 Å². The summed E-state index contributed by atoms with van der Waals surface area (Å²) in [5, 5.41) is 3.24. The molecule has 0 aliphatic heterocycles. The summed E-state index contributed by atoms with van der Waals surface area (Å²) in [7, 11) is -3.94. The fraction of sp³-hybridized carbons (Fsp3) is 0.385. The molecule has 0 saturated heterocycles. The Morgan fingerprint density at radius 1 is 1.06 bits per heavy atom. The van der Waals surface area contributed by atoms with Crippen molar-refractivity contribution in [3.63, 3.8) is 0 Å². The van der Waals surface area contributed by atoms with Gasteiger partial charge < -0.3 is 29.0 Å². The lowest BCUT2D eigenvalue weighted by molar-refractivity contribution is 0.241. The number of benzene rings is 2. The molecule has 3 aromatic rings. The summed E-state index contributed by atoms with van der Waals surface area (Å²) in [5.74, 6) is 1.64. The van der Waals surface area contributed by atoms with Crippen molar-refractivity contribution in [1.29, 1.82) is 0 Å². The standard InChI is InChI=1S/C26H33BrNO6P/c1-19(2)34-26-9-6-20(16-24(26)27)5-3-12-33-25-8-7-21(15-23(25)22-10-13-32-18-22)17-28-11-4-14-35(29,30)31/h6-10,13,15-16,18-19,28H,3-5,11-12,14,17H2,1-2H3,(H2,29,30,31). The lowest BCUT2D eigenvalue weighted by Gasteiger charge is -2.14. The van der Waals surface area contributed by atoms with Gasteiger partial charge >= 0.3 is 7.60 Å². The second-order valence-corrected chi connectivity index (χ2v) is 11.3. The van der Waals surface area contributed by atoms with Crippen molar-refractivity contribution in [2.45, 2.75) is 45.8 Å². The van der Waals surface area contributed by atoms with E-state index < -0.39 is 7.60 Å². The Bertz CT molecular complexity index is 1110. The molecule has 0 saturated carbocycles. The Kier molecular flexibility index (Phi) is 10.4. The highest BCUT2D eigenvalue weighted by atomic mass is 79.9. The van der Waals surface area contributed by atoms with Crippen molar-refractivity contribution in [1.82, 2.24) is 5.32 Å². The molecule has 9 heteroatoms. The third kappa shape index (κ3) is 9.47. The Morgan fingerprint density at radius 3 is 2.51 bits per heavy atom. The highest BCUT2D eigenvalue weighted by molar-refractivity contribution is 9.10. The monoisotopic (exact) mass is 565 g/mol. The number of aryl methyl sites for hydroxylation is 1. The van der Waals surface area contributed by atoms with Crippen LogP contribution in [0.25, 0.3) is 11.1 Å². The molecular formula is C26H33BrNO6P. The lowest BCUT2D eigenvalue weighted by Crippen LogP contribution is -2.16. The van der Waals surface area contributed by atoms with Crippen molar-refractivity contribution >= 4 is 23.5 Å². The lowest BCUT2D eigenvalue weighted by atomic mass is 10.0. The van der Waals surface area contributed by atoms with Crippen LogP contribution in [0, 0.1) is 0 Å². The van der Waals surface area contributed by atoms with E-state index in [1.807, 2.05) is 38.1 Å². The van der Waals surface area contributed by atoms with Gasteiger partial charge in [0.1, 0.15) is 11.5 Å². The molecule has 0 atom stereocenters. The summed E-state index contributed by atoms with van der Waals surface area (Å²) in [6.07, 6.45) is 5.52. The quantitative estimate of drug-likeness (QED) is 0.159. The highest BCUT2D eigenvalue weighted by Gasteiger charge is 2.12. The van der Waals surface area contributed by atoms with Crippen LogP contribution in [0.5, 0.6) is 11.5 Å². The number of ether oxygens (including phenoxy) is 2. The molecule has 0 unspecified atom stereocenters. The summed E-state index contributed by atoms with van der Waals surface area (Å²) in [6.45, 7) is 5.72. The van der Waals surface area contributed by atoms with Gasteiger partial charge in [0, 0.05) is 17.7 Å². The van der Waals surface area contributed by atoms with Crippen LogP contribution in [-0.2, 0) is 17.5 Å². The van der Waals surface area contributed by atoms with Crippen LogP contribution in [-0.4, -0.2) is 35.2 Å². The van der Waals surface area contributed by atoms with Gasteiger partial charge in [0.05, 0.1) is 35.9 Å². The van der Waals surface area contributed by atoms with E-state index in [0.717, 1.165) is 45.5 Å². The number of furan rings is 1. The third-order valence-electron chi connectivity index (χ3n) is 5.23. The van der Waals surface area contributed by atoms with Crippen molar-refractivity contribution in [3.05, 3.63) is 70.6 Å². The van der Waals surface area contributed by atoms with Crippen LogP contribution in [0.4, 0.5) is 0 Å². The van der Waals surface area contributed by atoms with E-state index in [1.165, 1.54) is 5.56 Å². The largest absolute Gasteiger partial charge is 0.493 e. The summed E-state index contributed by atoms with van der Waals surface area (Å²) < 4.78 is 29.1. The summed E-state index contributed by atoms with van der Waals surface area (Å²) >= 11 is 3.59. The molecule has 35 heavy (non-hydrogen) atoms. The Balaban J connectivity index is 1.55. The molecule has 0 spiro atoms. The van der Waals surface area contributed by atoms with E-state index in [9.17, 15) is 4.57 Å². The molecule has 2 aromatic carbocycles. The maximum absolute atomic E-state index is 11.0. The minimum absolute atomic E-state index is 0.111. The smallest absolute Gasteiger partial charge is 0.325 e. The van der Waals surface area contributed by atoms with Crippen LogP contribution < -0.4 is 14.8 Å². The molecule has 0 aliphatic carbocycles. The predicted octanol–water partition coefficient (Wildman–Crippen LogP) is 6.17. The van der Waals surface area contributed by atoms with Crippen LogP contribution >= 0.6 is 23.5 Å². The van der Waals surface area contributed by atoms with E-state index in [-0.39, 0.29) is 12.3 Å². The van der Waals surface area contributed by atoms with Crippen LogP contribution in [0.2, 0.25) is 0 Å². The minimum atomic E-state index is -3.94. The van der Waals surface area contributed by atoms with E-state index in [1.54, 1.807) is 12.5 Å². The number of nitrogens with one attached hydrogen (secondary N) is 1. The maximum atomic E-state index is 11.0. The zero-order valence-electron chi connectivity index (χ0n) is 20.1. The van der Waals surface area contributed by atoms with Crippen molar-refractivity contribution in [2.24, 2.45) is 0 Å². The fourth-order valence-electron chi connectivity index (χ4n) is 3.61. The average molecular weight is 566 g/mol. The molecule has 1 aromatic heterocycles. The van der Waals surface area contributed by atoms with Gasteiger partial charge in [-0.15, -0.1) is 0 Å². The number of halogens is 1. The van der Waals surface area contributed by atoms with Gasteiger partial charge in [-0.3, -0.25) is 4.57 Å². The number of hydrogen-bond donors (Lipinski definition) is 3. The molecule has 7 nitrogen and oxygen atoms in total. The summed E-state index contributed by atoms with van der Waals surface area (Å²) in [5.41, 5.74) is 4.16. The van der Waals surface area contributed by atoms with E-state index in [4.69, 9.17) is 23.7 Å². The zero-order chi connectivity index (χ0) is 25.3. The molecule has 190 valence electrons. The molecule has 0 amide bonds. The first-order valence-electron chi connectivity index (χ1n) is 11.7. The maximum Gasteiger partial charge on any atom is 0.325 e. The molecule has 1 heterocycles. The molecule has 3 rings (SSSR count). The van der Waals surface area contributed by atoms with E-state index in [0.29, 0.717) is 26.1 Å². The Morgan fingerprint density at radius 2 is 1.83 bits per heavy atom. The van der Waals surface area contributed by atoms with E-state index in [2.05, 4.69) is 39.4 Å². The van der Waals surface area contributed by atoms with Crippen LogP contribution in [0.1, 0.15) is 37.8 Å². The Labute approximate surface area is 215 Å². The van der Waals surface area contributed by atoms with Gasteiger partial charge in [0.2, 0.25) is 0 Å². The molecular weight excluding hydrogens is 533 g/mol. The topological polar surface area (TPSA) is 101 Å². The van der Waals surface area contributed by atoms with Gasteiger partial charge in [0.15, 0.2) is 0 Å². The van der Waals surface area contributed by atoms with Crippen LogP contribution in [0.3, 0.4) is 0 Å². The number of rotatable bonds is 14. The number of hydrogen-bond acceptors (Lipinski definition) is 5. The van der Waals surface area contributed by atoms with Crippen LogP contribution in [0.15, 0.2) is 63.9 Å². The minimum Gasteiger partial charge on any atom is -0.493 e. The summed E-state index contributed by atoms with van der Waals surface area (Å²) in [4.78, 5) is 17.9. The zero-order valence-corrected chi connectivity index (χ0v) is 22.6. The van der Waals surface area contributed by atoms with Gasteiger partial charge in [-0.2, -0.15) is 0 Å². The molecule has 0 fully saturated rings. The highest BCUT2D eigenvalue weighted by Crippen LogP contribution is 2.35. The molecule has 0 bridgehead atoms. The average Bonchev–Trinajstić information content (AvgIpc) is 3.32. The Hall–Kier alpha value is -2.09. The van der Waals surface area contributed by atoms with Gasteiger partial charge in [-0.05, 0) is 97.0 Å². The fourth-order valence-corrected chi connectivity index (χ4v) is 4.70. The van der Waals surface area contributed by atoms with Gasteiger partial charge in [-0.1, -0.05) is 12.1 Å². The van der Waals surface area contributed by atoms with Gasteiger partial charge in [-0.25, -0.2) is 0 Å². The molecule has 0 aliphatic rings. The summed E-state index contributed by atoms with van der Waals surface area (Å²) in [6, 6.07) is 14.1. The van der Waals surface area contributed by atoms with Crippen molar-refractivity contribution in [3.8, 4) is 22.6 Å². The van der Waals surface area contributed by atoms with Gasteiger partial charge in [0.25, 0.3) is 0 Å². The third-order valence-corrected chi connectivity index (χ3v) is 6.75. The molecule has 0 radical (unpaired) electrons. The first-order valence-corrected chi connectivity index (χ1v) is 14.3. The first-order chi connectivity index (χ1) is 16.7. The SMILES string of the molecule is CC(C)Oc1ccc(CCCOc2ccc(CNCCCP(=O)(O)O)cc2-c2ccoc2)cc1Br. The second kappa shape index (κ2) is 13.3. The van der Waals surface area contributed by atoms with Crippen molar-refractivity contribution in [2.75, 3.05) is 19.3 Å². The first kappa shape index (κ1) is 27.5. The van der Waals surface area contributed by atoms with E-state index >= 15 is 0 Å². The predicted molar refractivity (Wildman–Crippen MR) is 141 cm³/mol. The normalized spacial score (nSPS) is 11.7. The second-order valence-electron chi connectivity index (χ2n) is 8.64.